The topological polar surface area (TPSA) is 106 Å². The maximum absolute atomic E-state index is 13.1. The van der Waals surface area contributed by atoms with Gasteiger partial charge in [0.05, 0.1) is 15.8 Å². The largest absolute Gasteiger partial charge is 0.326 e. The minimum Gasteiger partial charge on any atom is -0.307 e. The molecule has 9 heteroatoms. The average molecular weight is 392 g/mol. The monoisotopic (exact) mass is 392 g/mol. The number of piperidine rings is 1. The van der Waals surface area contributed by atoms with Gasteiger partial charge in [0.2, 0.25) is 10.0 Å². The number of nitrogens with one attached hydrogen (secondary N) is 2. The molecule has 2 saturated heterocycles. The molecule has 0 bridgehead atoms. The molecule has 0 saturated carbocycles. The minimum absolute atomic E-state index is 0.0920. The molecule has 4 rings (SSSR count). The molecule has 146 valence electrons. The van der Waals surface area contributed by atoms with Crippen molar-refractivity contribution in [1.29, 1.82) is 0 Å². The van der Waals surface area contributed by atoms with Gasteiger partial charge in [-0.15, -0.1) is 0 Å². The van der Waals surface area contributed by atoms with E-state index in [0.717, 1.165) is 32.5 Å². The normalized spacial score (nSPS) is 22.4. The fraction of sp³-hybridized carbons (Fsp3) is 0.556. The van der Waals surface area contributed by atoms with Gasteiger partial charge >= 0.3 is 5.69 Å². The van der Waals surface area contributed by atoms with Gasteiger partial charge in [0.1, 0.15) is 0 Å². The lowest BCUT2D eigenvalue weighted by atomic mass is 9.99. The Morgan fingerprint density at radius 3 is 2.59 bits per heavy atom. The van der Waals surface area contributed by atoms with Crippen LogP contribution in [0.5, 0.6) is 0 Å². The van der Waals surface area contributed by atoms with Crippen LogP contribution in [0.2, 0.25) is 0 Å². The first kappa shape index (κ1) is 18.4. The first-order valence-electron chi connectivity index (χ1n) is 9.42. The SMILES string of the molecule is O=c1[nH]c(=O)c2cc(S(=O)(=O)N3CCC[C@@H](CN4CCCC4)C3)ccc2[nH]1. The molecule has 0 unspecified atom stereocenters. The molecule has 1 aromatic carbocycles. The van der Waals surface area contributed by atoms with Crippen LogP contribution in [0, 0.1) is 5.92 Å². The molecule has 1 aromatic heterocycles. The number of benzene rings is 1. The van der Waals surface area contributed by atoms with Crippen LogP contribution < -0.4 is 11.2 Å². The zero-order valence-corrected chi connectivity index (χ0v) is 15.9. The zero-order valence-electron chi connectivity index (χ0n) is 15.1. The molecule has 2 aromatic rings. The van der Waals surface area contributed by atoms with Crippen LogP contribution in [0.4, 0.5) is 0 Å². The smallest absolute Gasteiger partial charge is 0.307 e. The van der Waals surface area contributed by atoms with Gasteiger partial charge < -0.3 is 9.88 Å². The van der Waals surface area contributed by atoms with Crippen LogP contribution >= 0.6 is 0 Å². The van der Waals surface area contributed by atoms with E-state index in [0.29, 0.717) is 24.5 Å². The van der Waals surface area contributed by atoms with Crippen molar-refractivity contribution in [2.75, 3.05) is 32.7 Å². The molecule has 0 aliphatic carbocycles. The van der Waals surface area contributed by atoms with Gasteiger partial charge in [0.25, 0.3) is 5.56 Å². The Bertz CT molecular complexity index is 1050. The molecule has 0 spiro atoms. The van der Waals surface area contributed by atoms with Crippen molar-refractivity contribution >= 4 is 20.9 Å². The molecule has 3 heterocycles. The molecule has 0 radical (unpaired) electrons. The molecule has 1 atom stereocenters. The van der Waals surface area contributed by atoms with E-state index in [-0.39, 0.29) is 10.3 Å². The Kier molecular flexibility index (Phi) is 4.92. The van der Waals surface area contributed by atoms with Crippen LogP contribution in [0.15, 0.2) is 32.7 Å². The maximum atomic E-state index is 13.1. The van der Waals surface area contributed by atoms with Crippen molar-refractivity contribution in [3.05, 3.63) is 39.0 Å². The lowest BCUT2D eigenvalue weighted by Gasteiger charge is -2.34. The van der Waals surface area contributed by atoms with Gasteiger partial charge in [0.15, 0.2) is 0 Å². The van der Waals surface area contributed by atoms with Crippen LogP contribution in [-0.4, -0.2) is 60.3 Å². The van der Waals surface area contributed by atoms with E-state index in [1.54, 1.807) is 0 Å². The van der Waals surface area contributed by atoms with Crippen molar-refractivity contribution in [3.8, 4) is 0 Å². The summed E-state index contributed by atoms with van der Waals surface area (Å²) in [6.07, 6.45) is 4.34. The number of aromatic nitrogens is 2. The number of H-pyrrole nitrogens is 2. The number of hydrogen-bond acceptors (Lipinski definition) is 5. The molecule has 2 aliphatic heterocycles. The van der Waals surface area contributed by atoms with E-state index in [1.807, 2.05) is 0 Å². The highest BCUT2D eigenvalue weighted by Gasteiger charge is 2.31. The van der Waals surface area contributed by atoms with Crippen molar-refractivity contribution < 1.29 is 8.42 Å². The maximum Gasteiger partial charge on any atom is 0.326 e. The van der Waals surface area contributed by atoms with Crippen molar-refractivity contribution in [1.82, 2.24) is 19.2 Å². The highest BCUT2D eigenvalue weighted by atomic mass is 32.2. The lowest BCUT2D eigenvalue weighted by molar-refractivity contribution is 0.200. The second kappa shape index (κ2) is 7.21. The van der Waals surface area contributed by atoms with Gasteiger partial charge in [0, 0.05) is 19.6 Å². The van der Waals surface area contributed by atoms with Gasteiger partial charge in [-0.2, -0.15) is 4.31 Å². The number of rotatable bonds is 4. The van der Waals surface area contributed by atoms with E-state index in [4.69, 9.17) is 0 Å². The summed E-state index contributed by atoms with van der Waals surface area (Å²) in [5, 5.41) is 0.168. The van der Waals surface area contributed by atoms with E-state index < -0.39 is 21.3 Å². The standard InChI is InChI=1S/C18H24N4O4S/c23-17-15-10-14(5-6-16(15)19-18(24)20-17)27(25,26)22-9-3-4-13(12-22)11-21-7-1-2-8-21/h5-6,10,13H,1-4,7-9,11-12H2,(H2,19,20,23,24)/t13-/m0/s1. The summed E-state index contributed by atoms with van der Waals surface area (Å²) in [5.41, 5.74) is -0.867. The first-order chi connectivity index (χ1) is 12.9. The Morgan fingerprint density at radius 1 is 1.04 bits per heavy atom. The van der Waals surface area contributed by atoms with Crippen molar-refractivity contribution in [2.45, 2.75) is 30.6 Å². The molecule has 2 aliphatic rings. The van der Waals surface area contributed by atoms with Crippen LogP contribution in [0.3, 0.4) is 0 Å². The van der Waals surface area contributed by atoms with E-state index in [2.05, 4.69) is 14.9 Å². The van der Waals surface area contributed by atoms with Gasteiger partial charge in [-0.25, -0.2) is 13.2 Å². The predicted octanol–water partition coefficient (Wildman–Crippen LogP) is 0.713. The molecule has 27 heavy (non-hydrogen) atoms. The highest BCUT2D eigenvalue weighted by molar-refractivity contribution is 7.89. The summed E-state index contributed by atoms with van der Waals surface area (Å²) < 4.78 is 27.8. The molecular weight excluding hydrogens is 368 g/mol. The molecule has 8 nitrogen and oxygen atoms in total. The Balaban J connectivity index is 1.59. The lowest BCUT2D eigenvalue weighted by Crippen LogP contribution is -2.43. The van der Waals surface area contributed by atoms with Gasteiger partial charge in [-0.05, 0) is 62.9 Å². The second-order valence-electron chi connectivity index (χ2n) is 7.49. The summed E-state index contributed by atoms with van der Waals surface area (Å²) in [4.78, 5) is 30.5. The third-order valence-electron chi connectivity index (χ3n) is 5.55. The van der Waals surface area contributed by atoms with E-state index >= 15 is 0 Å². The van der Waals surface area contributed by atoms with E-state index in [1.165, 1.54) is 35.3 Å². The molecule has 2 N–H and O–H groups in total. The molecular formula is C18H24N4O4S. The van der Waals surface area contributed by atoms with Crippen LogP contribution in [0.25, 0.3) is 10.9 Å². The van der Waals surface area contributed by atoms with E-state index in [9.17, 15) is 18.0 Å². The number of sulfonamides is 1. The number of hydrogen-bond donors (Lipinski definition) is 2. The number of likely N-dealkylation sites (tertiary alicyclic amines) is 1. The Morgan fingerprint density at radius 2 is 1.81 bits per heavy atom. The van der Waals surface area contributed by atoms with Crippen LogP contribution in [0.1, 0.15) is 25.7 Å². The fourth-order valence-corrected chi connectivity index (χ4v) is 5.76. The highest BCUT2D eigenvalue weighted by Crippen LogP contribution is 2.26. The average Bonchev–Trinajstić information content (AvgIpc) is 3.14. The Hall–Kier alpha value is -1.97. The summed E-state index contributed by atoms with van der Waals surface area (Å²) in [6.45, 7) is 4.17. The second-order valence-corrected chi connectivity index (χ2v) is 9.43. The van der Waals surface area contributed by atoms with Gasteiger partial charge in [-0.1, -0.05) is 0 Å². The minimum atomic E-state index is -3.68. The third kappa shape index (κ3) is 3.71. The number of fused-ring (bicyclic) bond motifs is 1. The summed E-state index contributed by atoms with van der Waals surface area (Å²) >= 11 is 0. The fourth-order valence-electron chi connectivity index (χ4n) is 4.18. The summed E-state index contributed by atoms with van der Waals surface area (Å²) in [6, 6.07) is 4.28. The predicted molar refractivity (Wildman–Crippen MR) is 102 cm³/mol. The first-order valence-corrected chi connectivity index (χ1v) is 10.9. The van der Waals surface area contributed by atoms with Crippen LogP contribution in [-0.2, 0) is 10.0 Å². The van der Waals surface area contributed by atoms with Crippen molar-refractivity contribution in [3.63, 3.8) is 0 Å². The molecule has 2 fully saturated rings. The summed E-state index contributed by atoms with van der Waals surface area (Å²) in [7, 11) is -3.68. The van der Waals surface area contributed by atoms with Gasteiger partial charge in [-0.3, -0.25) is 9.78 Å². The third-order valence-corrected chi connectivity index (χ3v) is 7.41. The molecule has 0 amide bonds. The number of aromatic amines is 2. The number of nitrogens with zero attached hydrogens (tertiary/aromatic N) is 2. The zero-order chi connectivity index (χ0) is 19.0. The van der Waals surface area contributed by atoms with Crippen molar-refractivity contribution in [2.24, 2.45) is 5.92 Å². The quantitative estimate of drug-likeness (QED) is 0.797. The summed E-state index contributed by atoms with van der Waals surface area (Å²) in [5.74, 6) is 0.340. The Labute approximate surface area is 157 Å².